The number of H-pyrrole nitrogens is 2. The Hall–Kier alpha value is -2.71. The van der Waals surface area contributed by atoms with Crippen LogP contribution in [0, 0.1) is 0 Å². The van der Waals surface area contributed by atoms with Gasteiger partial charge < -0.3 is 9.97 Å². The van der Waals surface area contributed by atoms with Gasteiger partial charge in [0.25, 0.3) is 10.1 Å². The molecule has 7 nitrogen and oxygen atoms in total. The third-order valence-corrected chi connectivity index (χ3v) is 5.85. The summed E-state index contributed by atoms with van der Waals surface area (Å²) < 4.78 is 34.2. The van der Waals surface area contributed by atoms with Gasteiger partial charge in [-0.1, -0.05) is 6.07 Å². The topological polar surface area (TPSA) is 112 Å². The van der Waals surface area contributed by atoms with E-state index in [4.69, 9.17) is 0 Å². The van der Waals surface area contributed by atoms with Crippen molar-refractivity contribution in [3.05, 3.63) is 42.0 Å². The van der Waals surface area contributed by atoms with Crippen molar-refractivity contribution in [3.8, 4) is 11.1 Å². The first kappa shape index (κ1) is 15.5. The van der Waals surface area contributed by atoms with E-state index < -0.39 is 10.1 Å². The highest BCUT2D eigenvalue weighted by Crippen LogP contribution is 2.38. The first-order valence-electron chi connectivity index (χ1n) is 8.46. The highest BCUT2D eigenvalue weighted by molar-refractivity contribution is 7.86. The summed E-state index contributed by atoms with van der Waals surface area (Å²) in [6, 6.07) is 7.02. The molecule has 0 radical (unpaired) electrons. The van der Waals surface area contributed by atoms with E-state index in [1.807, 2.05) is 18.2 Å². The van der Waals surface area contributed by atoms with Crippen molar-refractivity contribution in [2.45, 2.75) is 30.6 Å². The van der Waals surface area contributed by atoms with Gasteiger partial charge in [0.15, 0.2) is 0 Å². The number of benzene rings is 2. The maximum absolute atomic E-state index is 12.2. The number of hydrogen-bond acceptors (Lipinski definition) is 4. The number of fused-ring (bicyclic) bond motifs is 2. The maximum atomic E-state index is 12.2. The van der Waals surface area contributed by atoms with Gasteiger partial charge in [-0.15, -0.1) is 0 Å². The van der Waals surface area contributed by atoms with Crippen LogP contribution >= 0.6 is 0 Å². The zero-order valence-electron chi connectivity index (χ0n) is 13.8. The Morgan fingerprint density at radius 1 is 1.08 bits per heavy atom. The molecule has 0 aliphatic carbocycles. The first-order chi connectivity index (χ1) is 12.5. The Morgan fingerprint density at radius 2 is 1.92 bits per heavy atom. The maximum Gasteiger partial charge on any atom is 0.295 e. The van der Waals surface area contributed by atoms with Crippen molar-refractivity contribution >= 4 is 32.2 Å². The van der Waals surface area contributed by atoms with Gasteiger partial charge in [0, 0.05) is 12.0 Å². The fraction of sp³-hybridized carbons (Fsp3) is 0.222. The lowest BCUT2D eigenvalue weighted by atomic mass is 9.94. The normalized spacial score (nSPS) is 14.8. The number of hydrogen-bond donors (Lipinski definition) is 3. The summed E-state index contributed by atoms with van der Waals surface area (Å²) in [6.07, 6.45) is 5.05. The molecule has 26 heavy (non-hydrogen) atoms. The van der Waals surface area contributed by atoms with Crippen molar-refractivity contribution in [1.82, 2.24) is 19.9 Å². The molecule has 4 aromatic rings. The van der Waals surface area contributed by atoms with Crippen LogP contribution in [0.1, 0.15) is 24.2 Å². The minimum Gasteiger partial charge on any atom is -0.345 e. The van der Waals surface area contributed by atoms with Crippen molar-refractivity contribution < 1.29 is 13.0 Å². The van der Waals surface area contributed by atoms with Crippen molar-refractivity contribution in [3.63, 3.8) is 0 Å². The Kier molecular flexibility index (Phi) is 3.22. The van der Waals surface area contributed by atoms with Gasteiger partial charge in [0.1, 0.15) is 10.7 Å². The lowest BCUT2D eigenvalue weighted by Gasteiger charge is -2.15. The van der Waals surface area contributed by atoms with E-state index in [0.717, 1.165) is 52.8 Å². The summed E-state index contributed by atoms with van der Waals surface area (Å²) in [5.41, 5.74) is 5.14. The summed E-state index contributed by atoms with van der Waals surface area (Å²) in [5.74, 6) is 0.850. The average Bonchev–Trinajstić information content (AvgIpc) is 3.20. The first-order valence-corrected chi connectivity index (χ1v) is 9.90. The van der Waals surface area contributed by atoms with E-state index in [0.29, 0.717) is 17.5 Å². The van der Waals surface area contributed by atoms with Crippen molar-refractivity contribution in [2.75, 3.05) is 0 Å². The summed E-state index contributed by atoms with van der Waals surface area (Å²) in [7, 11) is -4.40. The number of aryl methyl sites for hydroxylation is 2. The van der Waals surface area contributed by atoms with E-state index in [1.165, 1.54) is 6.07 Å². The smallest absolute Gasteiger partial charge is 0.295 e. The molecule has 0 saturated carbocycles. The molecule has 0 fully saturated rings. The third-order valence-electron chi connectivity index (χ3n) is 4.97. The van der Waals surface area contributed by atoms with Crippen LogP contribution in [0.4, 0.5) is 0 Å². The zero-order chi connectivity index (χ0) is 17.9. The highest BCUT2D eigenvalue weighted by atomic mass is 32.2. The summed E-state index contributed by atoms with van der Waals surface area (Å²) in [6.45, 7) is 0. The summed E-state index contributed by atoms with van der Waals surface area (Å²) in [5, 5.41) is 0. The molecule has 1 aliphatic heterocycles. The van der Waals surface area contributed by atoms with Gasteiger partial charge in [0.05, 0.1) is 28.4 Å². The molecular weight excluding hydrogens is 352 g/mol. The van der Waals surface area contributed by atoms with Crippen LogP contribution in [0.3, 0.4) is 0 Å². The van der Waals surface area contributed by atoms with Crippen molar-refractivity contribution in [1.29, 1.82) is 0 Å². The van der Waals surface area contributed by atoms with E-state index in [-0.39, 0.29) is 4.90 Å². The second kappa shape index (κ2) is 5.39. The van der Waals surface area contributed by atoms with Crippen LogP contribution in [0.5, 0.6) is 0 Å². The van der Waals surface area contributed by atoms with Crippen molar-refractivity contribution in [2.24, 2.45) is 0 Å². The summed E-state index contributed by atoms with van der Waals surface area (Å²) in [4.78, 5) is 15.0. The standard InChI is InChI=1S/C18H16N4O3S/c23-26(24,25)15-8-14-18-11(3-1-2-4-16(21-14)22-18)17(15)10-5-6-12-13(7-10)20-9-19-12/h5-9H,1-4H2,(H,19,20)(H,21,22)(H,23,24,25). The average molecular weight is 368 g/mol. The third kappa shape index (κ3) is 2.33. The van der Waals surface area contributed by atoms with E-state index in [9.17, 15) is 13.0 Å². The quantitative estimate of drug-likeness (QED) is 0.470. The molecule has 132 valence electrons. The number of aromatic amines is 2. The Bertz CT molecular complexity index is 1270. The van der Waals surface area contributed by atoms with Gasteiger partial charge in [-0.05, 0) is 48.6 Å². The molecule has 1 aliphatic rings. The Labute approximate surface area is 149 Å². The second-order valence-electron chi connectivity index (χ2n) is 6.62. The number of nitrogens with one attached hydrogen (secondary N) is 2. The van der Waals surface area contributed by atoms with Crippen LogP contribution in [0.2, 0.25) is 0 Å². The van der Waals surface area contributed by atoms with Crippen LogP contribution in [-0.4, -0.2) is 32.9 Å². The molecular formula is C18H16N4O3S. The lowest BCUT2D eigenvalue weighted by molar-refractivity contribution is 0.483. The van der Waals surface area contributed by atoms with E-state index >= 15 is 0 Å². The van der Waals surface area contributed by atoms with Crippen LogP contribution in [0.25, 0.3) is 33.2 Å². The highest BCUT2D eigenvalue weighted by Gasteiger charge is 2.25. The molecule has 0 atom stereocenters. The van der Waals surface area contributed by atoms with Gasteiger partial charge in [-0.25, -0.2) is 9.97 Å². The molecule has 5 rings (SSSR count). The number of aromatic nitrogens is 4. The molecule has 8 heteroatoms. The number of rotatable bonds is 2. The minimum atomic E-state index is -4.40. The largest absolute Gasteiger partial charge is 0.345 e. The SMILES string of the molecule is O=S(=O)(O)c1cc2[nH]c3nc2c(c1-c1ccc2nc[nH]c2c1)CCCC3. The summed E-state index contributed by atoms with van der Waals surface area (Å²) >= 11 is 0. The second-order valence-corrected chi connectivity index (χ2v) is 8.01. The predicted molar refractivity (Wildman–Crippen MR) is 97.6 cm³/mol. The molecule has 2 aromatic heterocycles. The number of imidazole rings is 2. The molecule has 0 saturated heterocycles. The van der Waals surface area contributed by atoms with E-state index in [1.54, 1.807) is 6.33 Å². The van der Waals surface area contributed by atoms with Gasteiger partial charge in [-0.2, -0.15) is 8.42 Å². The molecule has 0 amide bonds. The van der Waals surface area contributed by atoms with Gasteiger partial charge >= 0.3 is 0 Å². The lowest BCUT2D eigenvalue weighted by Crippen LogP contribution is -2.05. The van der Waals surface area contributed by atoms with Gasteiger partial charge in [-0.3, -0.25) is 4.55 Å². The number of nitrogens with zero attached hydrogens (tertiary/aromatic N) is 2. The molecule has 3 N–H and O–H groups in total. The molecule has 2 bridgehead atoms. The molecule has 0 unspecified atom stereocenters. The fourth-order valence-corrected chi connectivity index (χ4v) is 4.58. The molecule has 2 aromatic carbocycles. The monoisotopic (exact) mass is 368 g/mol. The molecule has 3 heterocycles. The van der Waals surface area contributed by atoms with Crippen LogP contribution in [0.15, 0.2) is 35.5 Å². The zero-order valence-corrected chi connectivity index (χ0v) is 14.6. The Balaban J connectivity index is 1.91. The minimum absolute atomic E-state index is 0.0871. The predicted octanol–water partition coefficient (Wildman–Crippen LogP) is 3.23. The van der Waals surface area contributed by atoms with Gasteiger partial charge in [0.2, 0.25) is 0 Å². The van der Waals surface area contributed by atoms with Crippen LogP contribution in [-0.2, 0) is 23.0 Å². The fourth-order valence-electron chi connectivity index (χ4n) is 3.81. The van der Waals surface area contributed by atoms with Crippen LogP contribution < -0.4 is 0 Å². The Morgan fingerprint density at radius 3 is 2.77 bits per heavy atom. The molecule has 0 spiro atoms. The van der Waals surface area contributed by atoms with E-state index in [2.05, 4.69) is 19.9 Å².